The van der Waals surface area contributed by atoms with Crippen molar-refractivity contribution in [2.45, 2.75) is 6.18 Å². The Hall–Kier alpha value is -2.37. The van der Waals surface area contributed by atoms with Crippen LogP contribution >= 0.6 is 0 Å². The number of imidazole rings is 1. The molecule has 1 aromatic carbocycles. The summed E-state index contributed by atoms with van der Waals surface area (Å²) in [4.78, 5) is 11.2. The molecule has 96 valence electrons. The Morgan fingerprint density at radius 1 is 1.05 bits per heavy atom. The van der Waals surface area contributed by atoms with Crippen molar-refractivity contribution >= 4 is 11.2 Å². The number of fused-ring (bicyclic) bond motifs is 1. The first-order valence-electron chi connectivity index (χ1n) is 5.52. The molecule has 0 aliphatic carbocycles. The summed E-state index contributed by atoms with van der Waals surface area (Å²) >= 11 is 0. The number of nitrogens with one attached hydrogen (secondary N) is 1. The van der Waals surface area contributed by atoms with E-state index >= 15 is 0 Å². The largest absolute Gasteiger partial charge is 0.416 e. The third kappa shape index (κ3) is 2.16. The summed E-state index contributed by atoms with van der Waals surface area (Å²) in [5.74, 6) is 0.375. The van der Waals surface area contributed by atoms with Crippen LogP contribution in [0.15, 0.2) is 42.6 Å². The molecule has 0 amide bonds. The smallest absolute Gasteiger partial charge is 0.337 e. The van der Waals surface area contributed by atoms with E-state index in [0.717, 1.165) is 12.1 Å². The zero-order valence-corrected chi connectivity index (χ0v) is 9.57. The molecule has 0 bridgehead atoms. The van der Waals surface area contributed by atoms with Gasteiger partial charge in [0.25, 0.3) is 0 Å². The van der Waals surface area contributed by atoms with E-state index in [-0.39, 0.29) is 0 Å². The van der Waals surface area contributed by atoms with Crippen molar-refractivity contribution in [2.24, 2.45) is 0 Å². The van der Waals surface area contributed by atoms with Gasteiger partial charge in [-0.15, -0.1) is 0 Å². The van der Waals surface area contributed by atoms with Gasteiger partial charge in [-0.2, -0.15) is 13.2 Å². The molecule has 3 aromatic rings. The van der Waals surface area contributed by atoms with E-state index in [4.69, 9.17) is 0 Å². The number of aromatic nitrogens is 3. The van der Waals surface area contributed by atoms with Crippen LogP contribution in [0.25, 0.3) is 22.6 Å². The van der Waals surface area contributed by atoms with Gasteiger partial charge in [0.15, 0.2) is 5.65 Å². The number of alkyl halides is 3. The van der Waals surface area contributed by atoms with Gasteiger partial charge in [-0.1, -0.05) is 12.1 Å². The first-order valence-corrected chi connectivity index (χ1v) is 5.52. The molecule has 2 aromatic heterocycles. The molecular weight excluding hydrogens is 255 g/mol. The van der Waals surface area contributed by atoms with E-state index in [1.54, 1.807) is 24.4 Å². The molecule has 0 aliphatic rings. The number of benzene rings is 1. The summed E-state index contributed by atoms with van der Waals surface area (Å²) in [7, 11) is 0. The Labute approximate surface area is 106 Å². The second-order valence-corrected chi connectivity index (χ2v) is 4.04. The molecule has 0 fully saturated rings. The Bertz CT molecular complexity index is 698. The quantitative estimate of drug-likeness (QED) is 0.728. The number of hydrogen-bond acceptors (Lipinski definition) is 2. The summed E-state index contributed by atoms with van der Waals surface area (Å²) in [6.07, 6.45) is -2.78. The van der Waals surface area contributed by atoms with E-state index in [1.807, 2.05) is 0 Å². The third-order valence-electron chi connectivity index (χ3n) is 2.72. The van der Waals surface area contributed by atoms with Crippen molar-refractivity contribution in [3.05, 3.63) is 48.2 Å². The topological polar surface area (TPSA) is 41.6 Å². The van der Waals surface area contributed by atoms with E-state index in [9.17, 15) is 13.2 Å². The van der Waals surface area contributed by atoms with E-state index in [1.165, 1.54) is 6.07 Å². The van der Waals surface area contributed by atoms with Gasteiger partial charge in [0.05, 0.1) is 11.1 Å². The highest BCUT2D eigenvalue weighted by molar-refractivity contribution is 5.75. The molecule has 0 aliphatic heterocycles. The van der Waals surface area contributed by atoms with Gasteiger partial charge < -0.3 is 4.98 Å². The van der Waals surface area contributed by atoms with Gasteiger partial charge in [0.2, 0.25) is 0 Å². The molecular formula is C13H8F3N3. The Morgan fingerprint density at radius 2 is 1.89 bits per heavy atom. The maximum atomic E-state index is 12.6. The molecule has 2 heterocycles. The zero-order valence-electron chi connectivity index (χ0n) is 9.57. The van der Waals surface area contributed by atoms with Gasteiger partial charge in [-0.3, -0.25) is 0 Å². The van der Waals surface area contributed by atoms with Crippen molar-refractivity contribution < 1.29 is 13.2 Å². The van der Waals surface area contributed by atoms with Crippen LogP contribution in [0.4, 0.5) is 13.2 Å². The fourth-order valence-electron chi connectivity index (χ4n) is 1.82. The first kappa shape index (κ1) is 11.7. The maximum absolute atomic E-state index is 12.6. The van der Waals surface area contributed by atoms with Gasteiger partial charge in [0, 0.05) is 11.8 Å². The predicted molar refractivity (Wildman–Crippen MR) is 64.3 cm³/mol. The molecule has 0 atom stereocenters. The van der Waals surface area contributed by atoms with Gasteiger partial charge in [-0.05, 0) is 24.3 Å². The van der Waals surface area contributed by atoms with Crippen molar-refractivity contribution in [1.82, 2.24) is 15.0 Å². The second-order valence-electron chi connectivity index (χ2n) is 4.04. The Balaban J connectivity index is 2.11. The molecule has 0 spiro atoms. The van der Waals surface area contributed by atoms with E-state index < -0.39 is 11.7 Å². The van der Waals surface area contributed by atoms with Crippen LogP contribution in [0.5, 0.6) is 0 Å². The molecule has 0 unspecified atom stereocenters. The molecule has 3 rings (SSSR count). The number of H-pyrrole nitrogens is 1. The standard InChI is InChI=1S/C13H8F3N3/c14-13(15,16)9-4-1-3-8(7-9)11-18-10-5-2-6-17-12(10)19-11/h1-7H,(H,17,18,19). The highest BCUT2D eigenvalue weighted by Crippen LogP contribution is 2.31. The lowest BCUT2D eigenvalue weighted by atomic mass is 10.1. The highest BCUT2D eigenvalue weighted by atomic mass is 19.4. The number of hydrogen-bond donors (Lipinski definition) is 1. The summed E-state index contributed by atoms with van der Waals surface area (Å²) in [6, 6.07) is 8.54. The summed E-state index contributed by atoms with van der Waals surface area (Å²) in [5.41, 5.74) is 0.857. The fraction of sp³-hybridized carbons (Fsp3) is 0.0769. The van der Waals surface area contributed by atoms with Crippen LogP contribution in [0, 0.1) is 0 Å². The number of pyridine rings is 1. The van der Waals surface area contributed by atoms with Crippen molar-refractivity contribution in [1.29, 1.82) is 0 Å². The fourth-order valence-corrected chi connectivity index (χ4v) is 1.82. The molecule has 6 heteroatoms. The SMILES string of the molecule is FC(F)(F)c1cccc(-c2nc3ncccc3[nH]2)c1. The summed E-state index contributed by atoms with van der Waals surface area (Å²) < 4.78 is 37.9. The molecule has 3 nitrogen and oxygen atoms in total. The van der Waals surface area contributed by atoms with Gasteiger partial charge >= 0.3 is 6.18 Å². The molecule has 19 heavy (non-hydrogen) atoms. The van der Waals surface area contributed by atoms with Crippen molar-refractivity contribution in [2.75, 3.05) is 0 Å². The summed E-state index contributed by atoms with van der Waals surface area (Å²) in [5, 5.41) is 0. The van der Waals surface area contributed by atoms with E-state index in [0.29, 0.717) is 22.6 Å². The minimum Gasteiger partial charge on any atom is -0.337 e. The molecule has 0 saturated heterocycles. The highest BCUT2D eigenvalue weighted by Gasteiger charge is 2.30. The second kappa shape index (κ2) is 4.08. The molecule has 0 radical (unpaired) electrons. The van der Waals surface area contributed by atoms with Crippen molar-refractivity contribution in [3.8, 4) is 11.4 Å². The number of halogens is 3. The minimum atomic E-state index is -4.36. The average molecular weight is 263 g/mol. The number of aromatic amines is 1. The first-order chi connectivity index (χ1) is 9.04. The molecule has 1 N–H and O–H groups in total. The van der Waals surface area contributed by atoms with Crippen molar-refractivity contribution in [3.63, 3.8) is 0 Å². The number of nitrogens with zero attached hydrogens (tertiary/aromatic N) is 2. The van der Waals surface area contributed by atoms with Crippen LogP contribution < -0.4 is 0 Å². The lowest BCUT2D eigenvalue weighted by Gasteiger charge is -2.07. The van der Waals surface area contributed by atoms with Crippen LogP contribution in [0.1, 0.15) is 5.56 Å². The van der Waals surface area contributed by atoms with Crippen LogP contribution in [0.3, 0.4) is 0 Å². The summed E-state index contributed by atoms with van der Waals surface area (Å²) in [6.45, 7) is 0. The Kier molecular flexibility index (Phi) is 2.51. The Morgan fingerprint density at radius 3 is 2.63 bits per heavy atom. The zero-order chi connectivity index (χ0) is 13.5. The third-order valence-corrected chi connectivity index (χ3v) is 2.72. The lowest BCUT2D eigenvalue weighted by Crippen LogP contribution is -2.04. The van der Waals surface area contributed by atoms with E-state index in [2.05, 4.69) is 15.0 Å². The van der Waals surface area contributed by atoms with Crippen LogP contribution in [-0.2, 0) is 6.18 Å². The average Bonchev–Trinajstić information content (AvgIpc) is 2.81. The van der Waals surface area contributed by atoms with Crippen LogP contribution in [-0.4, -0.2) is 15.0 Å². The van der Waals surface area contributed by atoms with Gasteiger partial charge in [0.1, 0.15) is 5.82 Å². The molecule has 0 saturated carbocycles. The maximum Gasteiger partial charge on any atom is 0.416 e. The van der Waals surface area contributed by atoms with Crippen LogP contribution in [0.2, 0.25) is 0 Å². The number of rotatable bonds is 1. The lowest BCUT2D eigenvalue weighted by molar-refractivity contribution is -0.137. The normalized spacial score (nSPS) is 11.9. The van der Waals surface area contributed by atoms with Gasteiger partial charge in [-0.25, -0.2) is 9.97 Å². The minimum absolute atomic E-state index is 0.375. The predicted octanol–water partition coefficient (Wildman–Crippen LogP) is 3.64. The monoisotopic (exact) mass is 263 g/mol.